The van der Waals surface area contributed by atoms with Crippen LogP contribution in [0.3, 0.4) is 0 Å². The number of benzene rings is 1. The van der Waals surface area contributed by atoms with Crippen LogP contribution < -0.4 is 5.32 Å². The summed E-state index contributed by atoms with van der Waals surface area (Å²) in [6.07, 6.45) is 0. The number of hydrogen-bond acceptors (Lipinski definition) is 2. The fourth-order valence-corrected chi connectivity index (χ4v) is 3.13. The summed E-state index contributed by atoms with van der Waals surface area (Å²) < 4.78 is 13.8. The molecule has 2 aromatic rings. The van der Waals surface area contributed by atoms with Crippen molar-refractivity contribution in [2.75, 3.05) is 7.05 Å². The average molecular weight is 290 g/mol. The van der Waals surface area contributed by atoms with Crippen LogP contribution in [-0.2, 0) is 0 Å². The molecule has 5 heteroatoms. The molecule has 1 nitrogen and oxygen atoms in total. The molecule has 1 N–H and O–H groups in total. The summed E-state index contributed by atoms with van der Waals surface area (Å²) >= 11 is 13.3. The maximum atomic E-state index is 13.8. The molecule has 0 saturated carbocycles. The largest absolute Gasteiger partial charge is 0.309 e. The number of rotatable bonds is 3. The summed E-state index contributed by atoms with van der Waals surface area (Å²) in [5.74, 6) is -0.332. The Morgan fingerprint density at radius 2 is 2.06 bits per heavy atom. The summed E-state index contributed by atoms with van der Waals surface area (Å²) in [6.45, 7) is 0. The van der Waals surface area contributed by atoms with E-state index in [2.05, 4.69) is 5.32 Å². The van der Waals surface area contributed by atoms with Crippen molar-refractivity contribution in [1.82, 2.24) is 5.32 Å². The number of halogens is 3. The highest BCUT2D eigenvalue weighted by atomic mass is 35.5. The number of thiophene rings is 1. The Bertz CT molecular complexity index is 527. The maximum absolute atomic E-state index is 13.8. The summed E-state index contributed by atoms with van der Waals surface area (Å²) in [5, 5.41) is 5.98. The molecule has 0 aliphatic rings. The molecule has 1 atom stereocenters. The first-order valence-electron chi connectivity index (χ1n) is 4.98. The molecule has 0 aliphatic heterocycles. The van der Waals surface area contributed by atoms with E-state index < -0.39 is 0 Å². The Kier molecular flexibility index (Phi) is 4.05. The lowest BCUT2D eigenvalue weighted by atomic mass is 10.0. The van der Waals surface area contributed by atoms with Gasteiger partial charge in [-0.05, 0) is 30.6 Å². The van der Waals surface area contributed by atoms with E-state index in [1.165, 1.54) is 17.4 Å². The minimum Gasteiger partial charge on any atom is -0.309 e. The van der Waals surface area contributed by atoms with Gasteiger partial charge in [-0.1, -0.05) is 29.3 Å². The highest BCUT2D eigenvalue weighted by Crippen LogP contribution is 2.34. The summed E-state index contributed by atoms with van der Waals surface area (Å²) in [6, 6.07) is 6.21. The number of hydrogen-bond donors (Lipinski definition) is 1. The van der Waals surface area contributed by atoms with Crippen molar-refractivity contribution in [2.45, 2.75) is 6.04 Å². The maximum Gasteiger partial charge on any atom is 0.129 e. The van der Waals surface area contributed by atoms with Crippen LogP contribution in [-0.4, -0.2) is 7.05 Å². The van der Waals surface area contributed by atoms with Crippen molar-refractivity contribution in [2.24, 2.45) is 0 Å². The van der Waals surface area contributed by atoms with Gasteiger partial charge < -0.3 is 5.32 Å². The lowest BCUT2D eigenvalue weighted by Gasteiger charge is -2.16. The van der Waals surface area contributed by atoms with E-state index in [9.17, 15) is 4.39 Å². The molecule has 0 spiro atoms. The second kappa shape index (κ2) is 5.36. The number of nitrogens with one attached hydrogen (secondary N) is 1. The Morgan fingerprint density at radius 1 is 1.29 bits per heavy atom. The first kappa shape index (κ1) is 12.8. The van der Waals surface area contributed by atoms with Crippen molar-refractivity contribution in [3.8, 4) is 0 Å². The quantitative estimate of drug-likeness (QED) is 0.877. The normalized spacial score (nSPS) is 12.7. The molecule has 0 radical (unpaired) electrons. The van der Waals surface area contributed by atoms with Crippen LogP contribution in [0.5, 0.6) is 0 Å². The molecule has 0 fully saturated rings. The molecule has 0 amide bonds. The average Bonchev–Trinajstić information content (AvgIpc) is 2.69. The zero-order chi connectivity index (χ0) is 12.4. The predicted octanol–water partition coefficient (Wildman–Crippen LogP) is 4.50. The summed E-state index contributed by atoms with van der Waals surface area (Å²) in [5.41, 5.74) is 0.543. The van der Waals surface area contributed by atoms with Gasteiger partial charge in [-0.25, -0.2) is 4.39 Å². The van der Waals surface area contributed by atoms with Crippen molar-refractivity contribution >= 4 is 34.5 Å². The Hall–Kier alpha value is -0.610. The van der Waals surface area contributed by atoms with Gasteiger partial charge in [0.15, 0.2) is 0 Å². The molecule has 1 heterocycles. The second-order valence-corrected chi connectivity index (χ2v) is 5.31. The van der Waals surface area contributed by atoms with Crippen LogP contribution in [0.4, 0.5) is 4.39 Å². The van der Waals surface area contributed by atoms with E-state index in [0.717, 1.165) is 4.88 Å². The molecule has 90 valence electrons. The van der Waals surface area contributed by atoms with Gasteiger partial charge in [-0.2, -0.15) is 0 Å². The van der Waals surface area contributed by atoms with Crippen molar-refractivity contribution < 1.29 is 4.39 Å². The van der Waals surface area contributed by atoms with Crippen LogP contribution in [0.2, 0.25) is 10.0 Å². The van der Waals surface area contributed by atoms with E-state index in [-0.39, 0.29) is 11.9 Å². The highest BCUT2D eigenvalue weighted by molar-refractivity contribution is 7.10. The van der Waals surface area contributed by atoms with Crippen LogP contribution in [0.1, 0.15) is 16.5 Å². The fraction of sp³-hybridized carbons (Fsp3) is 0.167. The van der Waals surface area contributed by atoms with Gasteiger partial charge >= 0.3 is 0 Å². The van der Waals surface area contributed by atoms with Crippen LogP contribution in [0.25, 0.3) is 0 Å². The molecule has 1 aromatic carbocycles. The van der Waals surface area contributed by atoms with Gasteiger partial charge in [0.05, 0.1) is 11.1 Å². The van der Waals surface area contributed by atoms with Crippen LogP contribution >= 0.6 is 34.5 Å². The lowest BCUT2D eigenvalue weighted by molar-refractivity contribution is 0.579. The Labute approximate surface area is 113 Å². The van der Waals surface area contributed by atoms with Crippen molar-refractivity contribution in [3.05, 3.63) is 55.9 Å². The van der Waals surface area contributed by atoms with Crippen molar-refractivity contribution in [1.29, 1.82) is 0 Å². The van der Waals surface area contributed by atoms with E-state index in [0.29, 0.717) is 15.6 Å². The monoisotopic (exact) mass is 289 g/mol. The topological polar surface area (TPSA) is 12.0 Å². The molecule has 0 aliphatic carbocycles. The fourth-order valence-electron chi connectivity index (χ4n) is 1.67. The zero-order valence-corrected chi connectivity index (χ0v) is 11.3. The third-order valence-electron chi connectivity index (χ3n) is 2.47. The third-order valence-corrected chi connectivity index (χ3v) is 4.13. The molecular weight excluding hydrogens is 280 g/mol. The van der Waals surface area contributed by atoms with Gasteiger partial charge in [-0.3, -0.25) is 0 Å². The van der Waals surface area contributed by atoms with Gasteiger partial charge in [0.25, 0.3) is 0 Å². The minimum atomic E-state index is -0.332. The highest BCUT2D eigenvalue weighted by Gasteiger charge is 2.19. The standard InChI is InChI=1S/C12H10Cl2FNS/c1-16-11(12-9(14)4-5-17-12)8-3-2-7(13)6-10(8)15/h2-6,11,16H,1H3. The van der Waals surface area contributed by atoms with Gasteiger partial charge in [-0.15, -0.1) is 11.3 Å². The van der Waals surface area contributed by atoms with E-state index in [4.69, 9.17) is 23.2 Å². The SMILES string of the molecule is CNC(c1ccc(Cl)cc1F)c1sccc1Cl. The van der Waals surface area contributed by atoms with Gasteiger partial charge in [0.1, 0.15) is 5.82 Å². The first-order chi connectivity index (χ1) is 8.13. The third kappa shape index (κ3) is 2.63. The van der Waals surface area contributed by atoms with Gasteiger partial charge in [0.2, 0.25) is 0 Å². The Balaban J connectivity index is 2.46. The predicted molar refractivity (Wildman–Crippen MR) is 71.6 cm³/mol. The minimum absolute atomic E-state index is 0.250. The summed E-state index contributed by atoms with van der Waals surface area (Å²) in [7, 11) is 1.77. The lowest BCUT2D eigenvalue weighted by Crippen LogP contribution is -2.18. The summed E-state index contributed by atoms with van der Waals surface area (Å²) in [4.78, 5) is 0.899. The zero-order valence-electron chi connectivity index (χ0n) is 9.01. The van der Waals surface area contributed by atoms with Crippen LogP contribution in [0, 0.1) is 5.82 Å². The van der Waals surface area contributed by atoms with Crippen molar-refractivity contribution in [3.63, 3.8) is 0 Å². The molecule has 17 heavy (non-hydrogen) atoms. The Morgan fingerprint density at radius 3 is 2.59 bits per heavy atom. The molecule has 1 aromatic heterocycles. The first-order valence-corrected chi connectivity index (χ1v) is 6.62. The molecule has 0 bridgehead atoms. The smallest absolute Gasteiger partial charge is 0.129 e. The van der Waals surface area contributed by atoms with Crippen LogP contribution in [0.15, 0.2) is 29.6 Å². The van der Waals surface area contributed by atoms with E-state index in [1.807, 2.05) is 5.38 Å². The molecule has 1 unspecified atom stereocenters. The van der Waals surface area contributed by atoms with Gasteiger partial charge in [0, 0.05) is 15.5 Å². The molecule has 0 saturated heterocycles. The molecular formula is C12H10Cl2FNS. The van der Waals surface area contributed by atoms with E-state index >= 15 is 0 Å². The second-order valence-electron chi connectivity index (χ2n) is 3.52. The van der Waals surface area contributed by atoms with E-state index in [1.54, 1.807) is 25.2 Å². The molecule has 2 rings (SSSR count).